The van der Waals surface area contributed by atoms with Crippen molar-refractivity contribution in [1.29, 1.82) is 0 Å². The Morgan fingerprint density at radius 1 is 1.26 bits per heavy atom. The predicted octanol–water partition coefficient (Wildman–Crippen LogP) is 3.24. The largest absolute Gasteiger partial charge is 0.480 e. The fourth-order valence-corrected chi connectivity index (χ4v) is 2.14. The number of carboxylic acids is 1. The summed E-state index contributed by atoms with van der Waals surface area (Å²) >= 11 is 0. The molecular formula is C16H25NO2. The molecule has 1 aromatic carbocycles. The first-order valence-electron chi connectivity index (χ1n) is 7.16. The van der Waals surface area contributed by atoms with Crippen molar-refractivity contribution in [1.82, 2.24) is 5.32 Å². The molecule has 0 saturated heterocycles. The van der Waals surface area contributed by atoms with E-state index in [2.05, 4.69) is 31.3 Å². The van der Waals surface area contributed by atoms with Gasteiger partial charge in [-0.1, -0.05) is 50.1 Å². The van der Waals surface area contributed by atoms with Crippen LogP contribution in [0.5, 0.6) is 0 Å². The standard InChI is InChI=1S/C16H25NO2/c1-3-4-10-15(16(18)19)17-13(2)11-12-14-8-6-5-7-9-14/h5-9,13,15,17H,3-4,10-12H2,1-2H3,(H,18,19)/t13?,15-/m0/s1. The Bertz CT molecular complexity index is 364. The Hall–Kier alpha value is -1.35. The molecular weight excluding hydrogens is 238 g/mol. The molecule has 2 atom stereocenters. The molecule has 0 fully saturated rings. The number of carboxylic acid groups (broad SMARTS) is 1. The van der Waals surface area contributed by atoms with Gasteiger partial charge in [0.05, 0.1) is 0 Å². The molecule has 1 rings (SSSR count). The zero-order valence-electron chi connectivity index (χ0n) is 11.9. The van der Waals surface area contributed by atoms with Gasteiger partial charge in [0.15, 0.2) is 0 Å². The molecule has 0 heterocycles. The summed E-state index contributed by atoms with van der Waals surface area (Å²) < 4.78 is 0. The maximum absolute atomic E-state index is 11.2. The van der Waals surface area contributed by atoms with E-state index in [1.54, 1.807) is 0 Å². The zero-order valence-corrected chi connectivity index (χ0v) is 11.9. The average molecular weight is 263 g/mol. The second kappa shape index (κ2) is 8.70. The van der Waals surface area contributed by atoms with Gasteiger partial charge in [-0.25, -0.2) is 0 Å². The van der Waals surface area contributed by atoms with Crippen LogP contribution in [0.3, 0.4) is 0 Å². The molecule has 0 aliphatic heterocycles. The zero-order chi connectivity index (χ0) is 14.1. The van der Waals surface area contributed by atoms with Crippen molar-refractivity contribution >= 4 is 5.97 Å². The van der Waals surface area contributed by atoms with Gasteiger partial charge in [-0.15, -0.1) is 0 Å². The molecule has 3 heteroatoms. The van der Waals surface area contributed by atoms with Crippen LogP contribution in [0.1, 0.15) is 45.1 Å². The van der Waals surface area contributed by atoms with E-state index in [1.165, 1.54) is 5.56 Å². The Kier molecular flexibility index (Phi) is 7.19. The van der Waals surface area contributed by atoms with Gasteiger partial charge in [0.1, 0.15) is 6.04 Å². The second-order valence-electron chi connectivity index (χ2n) is 5.13. The highest BCUT2D eigenvalue weighted by Crippen LogP contribution is 2.07. The molecule has 0 spiro atoms. The molecule has 0 amide bonds. The van der Waals surface area contributed by atoms with Crippen molar-refractivity contribution in [3.05, 3.63) is 35.9 Å². The van der Waals surface area contributed by atoms with Crippen molar-refractivity contribution in [2.24, 2.45) is 0 Å². The first kappa shape index (κ1) is 15.7. The predicted molar refractivity (Wildman–Crippen MR) is 78.3 cm³/mol. The van der Waals surface area contributed by atoms with E-state index in [0.717, 1.165) is 25.7 Å². The summed E-state index contributed by atoms with van der Waals surface area (Å²) in [4.78, 5) is 11.2. The van der Waals surface area contributed by atoms with Crippen LogP contribution in [0.25, 0.3) is 0 Å². The Labute approximate surface area is 116 Å². The molecule has 1 unspecified atom stereocenters. The average Bonchev–Trinajstić information content (AvgIpc) is 2.42. The van der Waals surface area contributed by atoms with Crippen LogP contribution in [-0.2, 0) is 11.2 Å². The smallest absolute Gasteiger partial charge is 0.320 e. The highest BCUT2D eigenvalue weighted by molar-refractivity contribution is 5.73. The summed E-state index contributed by atoms with van der Waals surface area (Å²) in [6, 6.07) is 10.1. The molecule has 0 saturated carbocycles. The lowest BCUT2D eigenvalue weighted by molar-refractivity contribution is -0.139. The van der Waals surface area contributed by atoms with Crippen molar-refractivity contribution < 1.29 is 9.90 Å². The summed E-state index contributed by atoms with van der Waals surface area (Å²) in [6.45, 7) is 4.14. The summed E-state index contributed by atoms with van der Waals surface area (Å²) in [5.41, 5.74) is 1.30. The molecule has 2 N–H and O–H groups in total. The Morgan fingerprint density at radius 2 is 1.95 bits per heavy atom. The van der Waals surface area contributed by atoms with Crippen LogP contribution >= 0.6 is 0 Å². The van der Waals surface area contributed by atoms with Crippen molar-refractivity contribution in [2.75, 3.05) is 0 Å². The Morgan fingerprint density at radius 3 is 2.53 bits per heavy atom. The van der Waals surface area contributed by atoms with Gasteiger partial charge in [-0.3, -0.25) is 4.79 Å². The Balaban J connectivity index is 2.35. The number of aryl methyl sites for hydroxylation is 1. The molecule has 1 aromatic rings. The molecule has 0 aliphatic rings. The van der Waals surface area contributed by atoms with E-state index in [-0.39, 0.29) is 6.04 Å². The molecule has 0 aromatic heterocycles. The molecule has 0 radical (unpaired) electrons. The molecule has 0 bridgehead atoms. The number of aliphatic carboxylic acids is 1. The van der Waals surface area contributed by atoms with Gasteiger partial charge in [0.2, 0.25) is 0 Å². The molecule has 3 nitrogen and oxygen atoms in total. The van der Waals surface area contributed by atoms with Gasteiger partial charge in [-0.2, -0.15) is 0 Å². The van der Waals surface area contributed by atoms with E-state index in [4.69, 9.17) is 0 Å². The van der Waals surface area contributed by atoms with Gasteiger partial charge >= 0.3 is 5.97 Å². The van der Waals surface area contributed by atoms with Crippen LogP contribution in [-0.4, -0.2) is 23.2 Å². The van der Waals surface area contributed by atoms with Crippen LogP contribution < -0.4 is 5.32 Å². The highest BCUT2D eigenvalue weighted by atomic mass is 16.4. The number of nitrogens with one attached hydrogen (secondary N) is 1. The second-order valence-corrected chi connectivity index (χ2v) is 5.13. The molecule has 0 aliphatic carbocycles. The third-order valence-electron chi connectivity index (χ3n) is 3.34. The first-order chi connectivity index (χ1) is 9.13. The minimum Gasteiger partial charge on any atom is -0.480 e. The first-order valence-corrected chi connectivity index (χ1v) is 7.16. The van der Waals surface area contributed by atoms with E-state index in [1.807, 2.05) is 18.2 Å². The lowest BCUT2D eigenvalue weighted by Gasteiger charge is -2.20. The summed E-state index contributed by atoms with van der Waals surface area (Å²) in [5, 5.41) is 12.4. The van der Waals surface area contributed by atoms with Gasteiger partial charge in [0.25, 0.3) is 0 Å². The van der Waals surface area contributed by atoms with Crippen molar-refractivity contribution in [2.45, 2.75) is 58.0 Å². The van der Waals surface area contributed by atoms with Gasteiger partial charge in [0, 0.05) is 6.04 Å². The van der Waals surface area contributed by atoms with E-state index >= 15 is 0 Å². The normalized spacial score (nSPS) is 14.0. The van der Waals surface area contributed by atoms with Crippen LogP contribution in [0.2, 0.25) is 0 Å². The lowest BCUT2D eigenvalue weighted by Crippen LogP contribution is -2.42. The van der Waals surface area contributed by atoms with Crippen molar-refractivity contribution in [3.63, 3.8) is 0 Å². The number of rotatable bonds is 9. The van der Waals surface area contributed by atoms with E-state index < -0.39 is 12.0 Å². The van der Waals surface area contributed by atoms with Crippen LogP contribution in [0, 0.1) is 0 Å². The third-order valence-corrected chi connectivity index (χ3v) is 3.34. The number of hydrogen-bond donors (Lipinski definition) is 2. The quantitative estimate of drug-likeness (QED) is 0.719. The highest BCUT2D eigenvalue weighted by Gasteiger charge is 2.18. The topological polar surface area (TPSA) is 49.3 Å². The SMILES string of the molecule is CCCC[C@H](NC(C)CCc1ccccc1)C(=O)O. The number of carbonyl (C=O) groups is 1. The summed E-state index contributed by atoms with van der Waals surface area (Å²) in [6.07, 6.45) is 4.63. The molecule has 19 heavy (non-hydrogen) atoms. The van der Waals surface area contributed by atoms with Gasteiger partial charge < -0.3 is 10.4 Å². The minimum atomic E-state index is -0.736. The number of benzene rings is 1. The van der Waals surface area contributed by atoms with Crippen molar-refractivity contribution in [3.8, 4) is 0 Å². The van der Waals surface area contributed by atoms with Gasteiger partial charge in [-0.05, 0) is 31.7 Å². The summed E-state index contributed by atoms with van der Waals surface area (Å²) in [7, 11) is 0. The monoisotopic (exact) mass is 263 g/mol. The number of hydrogen-bond acceptors (Lipinski definition) is 2. The maximum Gasteiger partial charge on any atom is 0.320 e. The van der Waals surface area contributed by atoms with Crippen LogP contribution in [0.15, 0.2) is 30.3 Å². The maximum atomic E-state index is 11.2. The minimum absolute atomic E-state index is 0.221. The third kappa shape index (κ3) is 6.39. The fraction of sp³-hybridized carbons (Fsp3) is 0.562. The summed E-state index contributed by atoms with van der Waals surface area (Å²) in [5.74, 6) is -0.736. The number of unbranched alkanes of at least 4 members (excludes halogenated alkanes) is 1. The fourth-order valence-electron chi connectivity index (χ4n) is 2.14. The van der Waals surface area contributed by atoms with E-state index in [9.17, 15) is 9.90 Å². The molecule has 106 valence electrons. The van der Waals surface area contributed by atoms with E-state index in [0.29, 0.717) is 6.42 Å². The van der Waals surface area contributed by atoms with Crippen LogP contribution in [0.4, 0.5) is 0 Å². The lowest BCUT2D eigenvalue weighted by atomic mass is 10.0.